The van der Waals surface area contributed by atoms with Gasteiger partial charge in [-0.05, 0) is 43.4 Å². The van der Waals surface area contributed by atoms with Gasteiger partial charge in [-0.1, -0.05) is 0 Å². The highest BCUT2D eigenvalue weighted by atomic mass is 16.3. The molecule has 0 fully saturated rings. The minimum atomic E-state index is 0.738. The zero-order valence-corrected chi connectivity index (χ0v) is 12.0. The molecule has 2 aromatic heterocycles. The second kappa shape index (κ2) is 5.98. The third kappa shape index (κ3) is 2.50. The third-order valence-electron chi connectivity index (χ3n) is 3.93. The number of anilines is 1. The molecular weight excluding hydrogens is 264 g/mol. The van der Waals surface area contributed by atoms with Gasteiger partial charge in [0.2, 0.25) is 0 Å². The van der Waals surface area contributed by atoms with Gasteiger partial charge in [-0.25, -0.2) is 4.98 Å². The smallest absolute Gasteiger partial charge is 0.291 e. The molecule has 5 heteroatoms. The predicted molar refractivity (Wildman–Crippen MR) is 78.3 cm³/mol. The Morgan fingerprint density at radius 2 is 2.14 bits per heavy atom. The molecule has 0 saturated carbocycles. The number of aromatic amines is 1. The first-order valence-electron chi connectivity index (χ1n) is 7.43. The number of rotatable bonds is 4. The van der Waals surface area contributed by atoms with Crippen molar-refractivity contribution in [3.05, 3.63) is 35.1 Å². The van der Waals surface area contributed by atoms with Crippen LogP contribution < -0.4 is 16.0 Å². The van der Waals surface area contributed by atoms with Crippen molar-refractivity contribution in [1.82, 2.24) is 0 Å². The molecule has 0 radical (unpaired) electrons. The zero-order chi connectivity index (χ0) is 14.7. The maximum atomic E-state index is 9.55. The second-order valence-corrected chi connectivity index (χ2v) is 5.28. The van der Waals surface area contributed by atoms with Crippen LogP contribution in [0.3, 0.4) is 0 Å². The summed E-state index contributed by atoms with van der Waals surface area (Å²) < 4.78 is 5.56. The van der Waals surface area contributed by atoms with Crippen LogP contribution in [0.15, 0.2) is 22.8 Å². The molecule has 108 valence electrons. The van der Waals surface area contributed by atoms with E-state index in [1.54, 1.807) is 6.26 Å². The van der Waals surface area contributed by atoms with Crippen LogP contribution in [0.5, 0.6) is 0 Å². The van der Waals surface area contributed by atoms with E-state index >= 15 is 0 Å². The van der Waals surface area contributed by atoms with E-state index in [-0.39, 0.29) is 0 Å². The van der Waals surface area contributed by atoms with Crippen LogP contribution in [0.4, 0.5) is 5.82 Å². The lowest BCUT2D eigenvalue weighted by atomic mass is 9.87. The minimum absolute atomic E-state index is 0.738. The fourth-order valence-electron chi connectivity index (χ4n) is 2.97. The highest BCUT2D eigenvalue weighted by Crippen LogP contribution is 2.32. The number of hydrogen-bond donors (Lipinski definition) is 2. The van der Waals surface area contributed by atoms with Gasteiger partial charge in [0.1, 0.15) is 24.7 Å². The molecule has 0 spiro atoms. The molecule has 1 aliphatic rings. The van der Waals surface area contributed by atoms with Gasteiger partial charge in [0.25, 0.3) is 5.82 Å². The first-order valence-corrected chi connectivity index (χ1v) is 7.43. The lowest BCUT2D eigenvalue weighted by Crippen LogP contribution is -2.53. The standard InChI is InChI=1S/C16H18N4O/c17-7-8-19-16-13(10-18)11-4-1-2-5-12(11)15(20-16)14-6-3-9-21-14/h3,6,9H,1-2,4-5,7-8,17H2,(H,19,20)/p+2. The molecule has 1 aliphatic carbocycles. The van der Waals surface area contributed by atoms with E-state index in [1.165, 1.54) is 11.1 Å². The molecule has 5 nitrogen and oxygen atoms in total. The van der Waals surface area contributed by atoms with Crippen molar-refractivity contribution in [2.24, 2.45) is 0 Å². The summed E-state index contributed by atoms with van der Waals surface area (Å²) in [5.41, 5.74) is 7.98. The van der Waals surface area contributed by atoms with Gasteiger partial charge in [-0.3, -0.25) is 5.32 Å². The summed E-state index contributed by atoms with van der Waals surface area (Å²) in [5, 5.41) is 12.8. The molecule has 0 aromatic carbocycles. The normalized spacial score (nSPS) is 13.5. The van der Waals surface area contributed by atoms with Crippen LogP contribution in [0, 0.1) is 11.3 Å². The van der Waals surface area contributed by atoms with Crippen molar-refractivity contribution >= 4 is 5.82 Å². The number of pyridine rings is 1. The van der Waals surface area contributed by atoms with Crippen molar-refractivity contribution in [1.29, 1.82) is 5.26 Å². The summed E-state index contributed by atoms with van der Waals surface area (Å²) in [6.45, 7) is 1.51. The fraction of sp³-hybridized carbons (Fsp3) is 0.375. The van der Waals surface area contributed by atoms with Crippen molar-refractivity contribution in [2.75, 3.05) is 18.4 Å². The van der Waals surface area contributed by atoms with Gasteiger partial charge >= 0.3 is 0 Å². The number of fused-ring (bicyclic) bond motifs is 1. The van der Waals surface area contributed by atoms with Crippen LogP contribution in [0.25, 0.3) is 11.5 Å². The lowest BCUT2D eigenvalue weighted by Gasteiger charge is -2.18. The lowest BCUT2D eigenvalue weighted by molar-refractivity contribution is -0.366. The van der Waals surface area contributed by atoms with Crippen LogP contribution in [-0.2, 0) is 12.8 Å². The Balaban J connectivity index is 2.18. The van der Waals surface area contributed by atoms with E-state index in [4.69, 9.17) is 4.42 Å². The van der Waals surface area contributed by atoms with E-state index in [2.05, 4.69) is 22.1 Å². The number of furan rings is 1. The maximum absolute atomic E-state index is 9.55. The van der Waals surface area contributed by atoms with Gasteiger partial charge in [-0.15, -0.1) is 0 Å². The summed E-state index contributed by atoms with van der Waals surface area (Å²) in [5.74, 6) is 1.61. The number of H-pyrrole nitrogens is 1. The second-order valence-electron chi connectivity index (χ2n) is 5.28. The molecule has 0 bridgehead atoms. The molecular formula is C16H20N4O+2. The average Bonchev–Trinajstić information content (AvgIpc) is 3.06. The molecule has 0 unspecified atom stereocenters. The largest absolute Gasteiger partial charge is 0.461 e. The summed E-state index contributed by atoms with van der Waals surface area (Å²) in [4.78, 5) is 3.37. The molecule has 0 atom stereocenters. The zero-order valence-electron chi connectivity index (χ0n) is 12.0. The molecule has 0 amide bonds. The molecule has 2 heterocycles. The first kappa shape index (κ1) is 13.7. The quantitative estimate of drug-likeness (QED) is 0.882. The van der Waals surface area contributed by atoms with Gasteiger partial charge < -0.3 is 10.2 Å². The third-order valence-corrected chi connectivity index (χ3v) is 3.93. The topological polar surface area (TPSA) is 90.7 Å². The van der Waals surface area contributed by atoms with Crippen molar-refractivity contribution in [2.45, 2.75) is 25.7 Å². The molecule has 0 saturated heterocycles. The predicted octanol–water partition coefficient (Wildman–Crippen LogP) is 1.16. The van der Waals surface area contributed by atoms with Crippen LogP contribution in [0.1, 0.15) is 29.5 Å². The van der Waals surface area contributed by atoms with Crippen LogP contribution >= 0.6 is 0 Å². The highest BCUT2D eigenvalue weighted by molar-refractivity contribution is 5.64. The molecule has 21 heavy (non-hydrogen) atoms. The summed E-state index contributed by atoms with van der Waals surface area (Å²) in [6, 6.07) is 6.21. The number of nitrogens with zero attached hydrogens (tertiary/aromatic N) is 1. The van der Waals surface area contributed by atoms with Crippen LogP contribution in [-0.4, -0.2) is 13.1 Å². The monoisotopic (exact) mass is 284 g/mol. The summed E-state index contributed by atoms with van der Waals surface area (Å²) in [7, 11) is 0. The van der Waals surface area contributed by atoms with E-state index in [9.17, 15) is 5.26 Å². The van der Waals surface area contributed by atoms with Crippen LogP contribution in [0.2, 0.25) is 0 Å². The van der Waals surface area contributed by atoms with Gasteiger partial charge in [0.05, 0.1) is 6.26 Å². The number of quaternary nitrogens is 1. The van der Waals surface area contributed by atoms with Gasteiger partial charge in [0.15, 0.2) is 11.5 Å². The van der Waals surface area contributed by atoms with E-state index in [0.29, 0.717) is 0 Å². The Labute approximate surface area is 123 Å². The van der Waals surface area contributed by atoms with Gasteiger partial charge in [-0.2, -0.15) is 5.26 Å². The fourth-order valence-corrected chi connectivity index (χ4v) is 2.97. The van der Waals surface area contributed by atoms with Crippen molar-refractivity contribution in [3.63, 3.8) is 0 Å². The van der Waals surface area contributed by atoms with E-state index in [0.717, 1.165) is 61.6 Å². The summed E-state index contributed by atoms with van der Waals surface area (Å²) >= 11 is 0. The number of nitriles is 1. The first-order chi connectivity index (χ1) is 10.3. The molecule has 3 rings (SSSR count). The highest BCUT2D eigenvalue weighted by Gasteiger charge is 2.27. The van der Waals surface area contributed by atoms with E-state index in [1.807, 2.05) is 12.1 Å². The van der Waals surface area contributed by atoms with Gasteiger partial charge in [0, 0.05) is 5.56 Å². The Morgan fingerprint density at radius 1 is 1.33 bits per heavy atom. The maximum Gasteiger partial charge on any atom is 0.291 e. The Kier molecular flexibility index (Phi) is 3.89. The minimum Gasteiger partial charge on any atom is -0.461 e. The SMILES string of the molecule is N#Cc1c(NCC[NH3+])[nH+]c(-c2ccco2)c2c1CCCC2. The van der Waals surface area contributed by atoms with E-state index < -0.39 is 0 Å². The molecule has 5 N–H and O–H groups in total. The molecule has 0 aliphatic heterocycles. The number of hydrogen-bond acceptors (Lipinski definition) is 3. The summed E-state index contributed by atoms with van der Waals surface area (Å²) in [6.07, 6.45) is 5.93. The number of aromatic nitrogens is 1. The number of nitrogens with one attached hydrogen (secondary N) is 2. The van der Waals surface area contributed by atoms with Crippen molar-refractivity contribution < 1.29 is 15.1 Å². The Hall–Kier alpha value is -2.32. The molecule has 2 aromatic rings. The Morgan fingerprint density at radius 3 is 2.81 bits per heavy atom. The van der Waals surface area contributed by atoms with Crippen molar-refractivity contribution in [3.8, 4) is 17.5 Å². The Bertz CT molecular complexity index is 671. The average molecular weight is 284 g/mol.